The van der Waals surface area contributed by atoms with Crippen LogP contribution in [0, 0.1) is 0 Å². The topological polar surface area (TPSA) is 75.6 Å². The van der Waals surface area contributed by atoms with Crippen molar-refractivity contribution in [2.24, 2.45) is 0 Å². The first-order valence-electron chi connectivity index (χ1n) is 8.04. The van der Waals surface area contributed by atoms with E-state index in [9.17, 15) is 14.7 Å². The Morgan fingerprint density at radius 1 is 1.17 bits per heavy atom. The monoisotopic (exact) mass is 323 g/mol. The Balaban J connectivity index is 1.76. The zero-order chi connectivity index (χ0) is 16.7. The van der Waals surface area contributed by atoms with E-state index < -0.39 is 11.9 Å². The highest BCUT2D eigenvalue weighted by molar-refractivity contribution is 6.00. The lowest BCUT2D eigenvalue weighted by Crippen LogP contribution is -2.27. The van der Waals surface area contributed by atoms with Crippen LogP contribution < -0.4 is 10.1 Å². The summed E-state index contributed by atoms with van der Waals surface area (Å²) in [6.45, 7) is 0.755. The van der Waals surface area contributed by atoms with Crippen LogP contribution in [0.4, 0.5) is 5.69 Å². The number of ether oxygens (including phenoxy) is 1. The number of hydrogen-bond acceptors (Lipinski definition) is 3. The average molecular weight is 323 g/mol. The minimum atomic E-state index is -0.970. The number of rotatable bonds is 2. The summed E-state index contributed by atoms with van der Waals surface area (Å²) in [5.74, 6) is -1.09. The third-order valence-corrected chi connectivity index (χ3v) is 4.63. The van der Waals surface area contributed by atoms with E-state index in [-0.39, 0.29) is 12.3 Å². The van der Waals surface area contributed by atoms with Gasteiger partial charge in [0.15, 0.2) is 0 Å². The third kappa shape index (κ3) is 2.52. The largest absolute Gasteiger partial charge is 0.493 e. The van der Waals surface area contributed by atoms with Crippen LogP contribution in [0.25, 0.3) is 11.1 Å². The number of aryl methyl sites for hydroxylation is 1. The van der Waals surface area contributed by atoms with Crippen molar-refractivity contribution >= 4 is 17.6 Å². The highest BCUT2D eigenvalue weighted by atomic mass is 16.5. The summed E-state index contributed by atoms with van der Waals surface area (Å²) in [5, 5.41) is 12.2. The Labute approximate surface area is 139 Å². The van der Waals surface area contributed by atoms with E-state index in [1.54, 1.807) is 6.07 Å². The van der Waals surface area contributed by atoms with Gasteiger partial charge in [-0.2, -0.15) is 0 Å². The molecule has 2 aromatic rings. The maximum Gasteiger partial charge on any atom is 0.311 e. The minimum absolute atomic E-state index is 0.0240. The number of anilines is 1. The predicted octanol–water partition coefficient (Wildman–Crippen LogP) is 3.19. The van der Waals surface area contributed by atoms with E-state index in [4.69, 9.17) is 4.74 Å². The van der Waals surface area contributed by atoms with Crippen LogP contribution in [0.5, 0.6) is 5.75 Å². The van der Waals surface area contributed by atoms with Crippen molar-refractivity contribution in [3.05, 3.63) is 47.5 Å². The summed E-state index contributed by atoms with van der Waals surface area (Å²) in [5.41, 5.74) is 4.41. The second-order valence-corrected chi connectivity index (χ2v) is 6.22. The average Bonchev–Trinajstić information content (AvgIpc) is 2.60. The van der Waals surface area contributed by atoms with E-state index >= 15 is 0 Å². The Morgan fingerprint density at radius 3 is 2.79 bits per heavy atom. The standard InChI is InChI=1S/C19H17NO4/c21-18-10-15(19(22)23)14-9-12(3-5-16(14)20-18)11-4-6-17-13(8-11)2-1-7-24-17/h3-6,8-9,15H,1-2,7,10H2,(H,20,21)(H,22,23). The minimum Gasteiger partial charge on any atom is -0.493 e. The number of benzene rings is 2. The molecule has 0 radical (unpaired) electrons. The fraction of sp³-hybridized carbons (Fsp3) is 0.263. The van der Waals surface area contributed by atoms with Crippen molar-refractivity contribution in [3.63, 3.8) is 0 Å². The number of nitrogens with one attached hydrogen (secondary N) is 1. The molecular weight excluding hydrogens is 306 g/mol. The predicted molar refractivity (Wildman–Crippen MR) is 89.3 cm³/mol. The van der Waals surface area contributed by atoms with Crippen LogP contribution in [0.15, 0.2) is 36.4 Å². The molecule has 2 aromatic carbocycles. The molecule has 2 aliphatic rings. The van der Waals surface area contributed by atoms with Gasteiger partial charge in [-0.1, -0.05) is 12.1 Å². The zero-order valence-electron chi connectivity index (χ0n) is 13.0. The van der Waals surface area contributed by atoms with Crippen LogP contribution in [0.3, 0.4) is 0 Å². The number of carbonyl (C=O) groups is 2. The molecule has 1 atom stereocenters. The van der Waals surface area contributed by atoms with Crippen LogP contribution in [-0.4, -0.2) is 23.6 Å². The van der Waals surface area contributed by atoms with Crippen LogP contribution in [0.1, 0.15) is 29.9 Å². The van der Waals surface area contributed by atoms with Crippen LogP contribution in [0.2, 0.25) is 0 Å². The molecule has 0 fully saturated rings. The summed E-state index contributed by atoms with van der Waals surface area (Å²) in [7, 11) is 0. The summed E-state index contributed by atoms with van der Waals surface area (Å²) in [6.07, 6.45) is 1.97. The molecule has 1 unspecified atom stereocenters. The molecule has 122 valence electrons. The van der Waals surface area contributed by atoms with Gasteiger partial charge < -0.3 is 15.2 Å². The Kier molecular flexibility index (Phi) is 3.49. The fourth-order valence-corrected chi connectivity index (χ4v) is 3.40. The molecule has 5 heteroatoms. The molecule has 2 heterocycles. The van der Waals surface area contributed by atoms with Crippen molar-refractivity contribution in [1.82, 2.24) is 0 Å². The maximum atomic E-state index is 11.7. The van der Waals surface area contributed by atoms with Gasteiger partial charge in [0.1, 0.15) is 5.75 Å². The van der Waals surface area contributed by atoms with E-state index in [0.717, 1.165) is 36.3 Å². The van der Waals surface area contributed by atoms with Crippen molar-refractivity contribution in [1.29, 1.82) is 0 Å². The Bertz CT molecular complexity index is 843. The first-order valence-corrected chi connectivity index (χ1v) is 8.04. The molecule has 0 saturated carbocycles. The molecule has 5 nitrogen and oxygen atoms in total. The second kappa shape index (κ2) is 5.67. The number of fused-ring (bicyclic) bond motifs is 2. The van der Waals surface area contributed by atoms with Crippen LogP contribution in [-0.2, 0) is 16.0 Å². The van der Waals surface area contributed by atoms with Crippen molar-refractivity contribution in [2.45, 2.75) is 25.2 Å². The van der Waals surface area contributed by atoms with E-state index in [0.29, 0.717) is 11.3 Å². The van der Waals surface area contributed by atoms with Crippen molar-refractivity contribution in [2.75, 3.05) is 11.9 Å². The normalized spacial score (nSPS) is 18.8. The quantitative estimate of drug-likeness (QED) is 0.890. The number of carboxylic acids is 1. The third-order valence-electron chi connectivity index (χ3n) is 4.63. The van der Waals surface area contributed by atoms with Gasteiger partial charge in [-0.25, -0.2) is 0 Å². The molecular formula is C19H17NO4. The van der Waals surface area contributed by atoms with Crippen molar-refractivity contribution in [3.8, 4) is 16.9 Å². The van der Waals surface area contributed by atoms with Gasteiger partial charge in [-0.05, 0) is 59.4 Å². The summed E-state index contributed by atoms with van der Waals surface area (Å²) in [6, 6.07) is 11.6. The first-order chi connectivity index (χ1) is 11.6. The molecule has 2 aliphatic heterocycles. The Morgan fingerprint density at radius 2 is 1.96 bits per heavy atom. The lowest BCUT2D eigenvalue weighted by Gasteiger charge is -2.24. The smallest absolute Gasteiger partial charge is 0.311 e. The SMILES string of the molecule is O=C1CC(C(=O)O)c2cc(-c3ccc4c(c3)CCCO4)ccc2N1. The van der Waals surface area contributed by atoms with Crippen LogP contribution >= 0.6 is 0 Å². The number of hydrogen-bond donors (Lipinski definition) is 2. The number of carboxylic acid groups (broad SMARTS) is 1. The molecule has 4 rings (SSSR count). The number of carbonyl (C=O) groups excluding carboxylic acids is 1. The molecule has 24 heavy (non-hydrogen) atoms. The molecule has 0 aliphatic carbocycles. The molecule has 2 N–H and O–H groups in total. The van der Waals surface area contributed by atoms with Gasteiger partial charge >= 0.3 is 5.97 Å². The molecule has 0 saturated heterocycles. The summed E-state index contributed by atoms with van der Waals surface area (Å²) in [4.78, 5) is 23.2. The van der Waals surface area contributed by atoms with Gasteiger partial charge in [0, 0.05) is 12.1 Å². The number of aliphatic carboxylic acids is 1. The zero-order valence-corrected chi connectivity index (χ0v) is 13.0. The summed E-state index contributed by atoms with van der Waals surface area (Å²) >= 11 is 0. The van der Waals surface area contributed by atoms with Gasteiger partial charge in [-0.15, -0.1) is 0 Å². The number of amides is 1. The molecule has 0 aromatic heterocycles. The van der Waals surface area contributed by atoms with Gasteiger partial charge in [0.05, 0.1) is 12.5 Å². The lowest BCUT2D eigenvalue weighted by atomic mass is 9.88. The fourth-order valence-electron chi connectivity index (χ4n) is 3.40. The Hall–Kier alpha value is -2.82. The highest BCUT2D eigenvalue weighted by Gasteiger charge is 2.30. The molecule has 0 spiro atoms. The van der Waals surface area contributed by atoms with Gasteiger partial charge in [0.25, 0.3) is 0 Å². The highest BCUT2D eigenvalue weighted by Crippen LogP contribution is 2.37. The van der Waals surface area contributed by atoms with E-state index in [2.05, 4.69) is 11.4 Å². The van der Waals surface area contributed by atoms with Gasteiger partial charge in [-0.3, -0.25) is 9.59 Å². The van der Waals surface area contributed by atoms with E-state index in [1.165, 1.54) is 5.56 Å². The molecule has 1 amide bonds. The maximum absolute atomic E-state index is 11.7. The lowest BCUT2D eigenvalue weighted by molar-refractivity contribution is -0.140. The van der Waals surface area contributed by atoms with Crippen molar-refractivity contribution < 1.29 is 19.4 Å². The summed E-state index contributed by atoms with van der Waals surface area (Å²) < 4.78 is 5.64. The van der Waals surface area contributed by atoms with E-state index in [1.807, 2.05) is 24.3 Å². The second-order valence-electron chi connectivity index (χ2n) is 6.22. The molecule has 0 bridgehead atoms. The van der Waals surface area contributed by atoms with Gasteiger partial charge in [0.2, 0.25) is 5.91 Å². The first kappa shape index (κ1) is 14.8.